The molecule has 1 fully saturated rings. The predicted molar refractivity (Wildman–Crippen MR) is 48.5 cm³/mol. The summed E-state index contributed by atoms with van der Waals surface area (Å²) in [5, 5.41) is 0. The van der Waals surface area contributed by atoms with Crippen molar-refractivity contribution in [2.75, 3.05) is 13.1 Å². The summed E-state index contributed by atoms with van der Waals surface area (Å²) in [6, 6.07) is 1.11. The highest BCUT2D eigenvalue weighted by molar-refractivity contribution is 4.88. The minimum Gasteiger partial charge on any atom is -0.326 e. The molecule has 2 atom stereocenters. The van der Waals surface area contributed by atoms with E-state index < -0.39 is 0 Å². The first-order chi connectivity index (χ1) is 5.29. The van der Waals surface area contributed by atoms with Crippen LogP contribution in [0.5, 0.6) is 0 Å². The zero-order valence-electron chi connectivity index (χ0n) is 7.71. The van der Waals surface area contributed by atoms with Gasteiger partial charge >= 0.3 is 0 Å². The topological polar surface area (TPSA) is 29.3 Å². The van der Waals surface area contributed by atoms with Crippen LogP contribution in [0.3, 0.4) is 0 Å². The summed E-state index contributed by atoms with van der Waals surface area (Å²) in [4.78, 5) is 2.51. The number of likely N-dealkylation sites (tertiary alicyclic amines) is 1. The van der Waals surface area contributed by atoms with Crippen molar-refractivity contribution in [3.63, 3.8) is 0 Å². The highest BCUT2D eigenvalue weighted by atomic mass is 15.2. The molecule has 2 heteroatoms. The molecule has 2 N–H and O–H groups in total. The van der Waals surface area contributed by atoms with E-state index in [-0.39, 0.29) is 0 Å². The smallest absolute Gasteiger partial charge is 0.0247 e. The maximum Gasteiger partial charge on any atom is 0.0247 e. The van der Waals surface area contributed by atoms with E-state index in [1.165, 1.54) is 32.4 Å². The van der Waals surface area contributed by atoms with E-state index >= 15 is 0 Å². The molecule has 0 amide bonds. The van der Waals surface area contributed by atoms with Gasteiger partial charge in [0.2, 0.25) is 0 Å². The molecule has 0 aliphatic carbocycles. The third-order valence-corrected chi connectivity index (χ3v) is 2.70. The SMILES string of the molecule is CCCC1C(N)CCN1CC. The fourth-order valence-corrected chi connectivity index (χ4v) is 2.03. The van der Waals surface area contributed by atoms with Crippen molar-refractivity contribution in [2.24, 2.45) is 5.73 Å². The Morgan fingerprint density at radius 1 is 1.45 bits per heavy atom. The summed E-state index contributed by atoms with van der Waals surface area (Å²) >= 11 is 0. The quantitative estimate of drug-likeness (QED) is 0.665. The standard InChI is InChI=1S/C9H20N2/c1-3-5-9-8(10)6-7-11(9)4-2/h8-9H,3-7,10H2,1-2H3. The van der Waals surface area contributed by atoms with Gasteiger partial charge in [0, 0.05) is 18.6 Å². The number of nitrogens with zero attached hydrogens (tertiary/aromatic N) is 1. The van der Waals surface area contributed by atoms with E-state index in [4.69, 9.17) is 5.73 Å². The van der Waals surface area contributed by atoms with Gasteiger partial charge in [-0.1, -0.05) is 20.3 Å². The number of hydrogen-bond donors (Lipinski definition) is 1. The van der Waals surface area contributed by atoms with Gasteiger partial charge in [-0.3, -0.25) is 4.90 Å². The van der Waals surface area contributed by atoms with Crippen LogP contribution in [-0.2, 0) is 0 Å². The first kappa shape index (κ1) is 9.01. The van der Waals surface area contributed by atoms with Gasteiger partial charge in [0.15, 0.2) is 0 Å². The highest BCUT2D eigenvalue weighted by Crippen LogP contribution is 2.19. The van der Waals surface area contributed by atoms with Gasteiger partial charge in [-0.05, 0) is 19.4 Å². The van der Waals surface area contributed by atoms with Crippen molar-refractivity contribution in [1.82, 2.24) is 4.90 Å². The van der Waals surface area contributed by atoms with E-state index in [0.29, 0.717) is 12.1 Å². The number of likely N-dealkylation sites (N-methyl/N-ethyl adjacent to an activating group) is 1. The lowest BCUT2D eigenvalue weighted by molar-refractivity contribution is 0.244. The molecular weight excluding hydrogens is 136 g/mol. The first-order valence-electron chi connectivity index (χ1n) is 4.79. The molecule has 0 saturated carbocycles. The molecule has 1 aliphatic rings. The van der Waals surface area contributed by atoms with Crippen molar-refractivity contribution in [2.45, 2.75) is 45.2 Å². The Labute approximate surface area is 69.8 Å². The van der Waals surface area contributed by atoms with Gasteiger partial charge in [0.1, 0.15) is 0 Å². The predicted octanol–water partition coefficient (Wildman–Crippen LogP) is 1.21. The van der Waals surface area contributed by atoms with E-state index in [1.54, 1.807) is 0 Å². The molecule has 1 saturated heterocycles. The van der Waals surface area contributed by atoms with Crippen LogP contribution in [0.4, 0.5) is 0 Å². The third-order valence-electron chi connectivity index (χ3n) is 2.70. The van der Waals surface area contributed by atoms with Gasteiger partial charge in [-0.25, -0.2) is 0 Å². The molecule has 0 spiro atoms. The van der Waals surface area contributed by atoms with Gasteiger partial charge in [0.25, 0.3) is 0 Å². The normalized spacial score (nSPS) is 33.0. The lowest BCUT2D eigenvalue weighted by atomic mass is 10.1. The maximum atomic E-state index is 5.99. The van der Waals surface area contributed by atoms with Crippen LogP contribution >= 0.6 is 0 Å². The van der Waals surface area contributed by atoms with Crippen molar-refractivity contribution in [3.05, 3.63) is 0 Å². The zero-order valence-corrected chi connectivity index (χ0v) is 7.71. The van der Waals surface area contributed by atoms with Gasteiger partial charge in [-0.2, -0.15) is 0 Å². The first-order valence-corrected chi connectivity index (χ1v) is 4.79. The zero-order chi connectivity index (χ0) is 8.27. The molecule has 0 radical (unpaired) electrons. The largest absolute Gasteiger partial charge is 0.326 e. The molecule has 2 unspecified atom stereocenters. The van der Waals surface area contributed by atoms with Crippen LogP contribution in [0.25, 0.3) is 0 Å². The van der Waals surface area contributed by atoms with Crippen LogP contribution in [0.2, 0.25) is 0 Å². The number of nitrogens with two attached hydrogens (primary N) is 1. The Morgan fingerprint density at radius 2 is 2.18 bits per heavy atom. The van der Waals surface area contributed by atoms with Gasteiger partial charge < -0.3 is 5.73 Å². The lowest BCUT2D eigenvalue weighted by Crippen LogP contribution is -2.39. The number of hydrogen-bond acceptors (Lipinski definition) is 2. The van der Waals surface area contributed by atoms with Crippen LogP contribution < -0.4 is 5.73 Å². The summed E-state index contributed by atoms with van der Waals surface area (Å²) in [7, 11) is 0. The van der Waals surface area contributed by atoms with Gasteiger partial charge in [-0.15, -0.1) is 0 Å². The van der Waals surface area contributed by atoms with Crippen molar-refractivity contribution < 1.29 is 0 Å². The molecule has 1 aliphatic heterocycles. The Morgan fingerprint density at radius 3 is 2.73 bits per heavy atom. The summed E-state index contributed by atoms with van der Waals surface area (Å²) in [6.45, 7) is 6.83. The minimum absolute atomic E-state index is 0.440. The summed E-state index contributed by atoms with van der Waals surface area (Å²) < 4.78 is 0. The second-order valence-electron chi connectivity index (χ2n) is 3.44. The van der Waals surface area contributed by atoms with Crippen molar-refractivity contribution in [3.8, 4) is 0 Å². The van der Waals surface area contributed by atoms with E-state index in [0.717, 1.165) is 0 Å². The molecular formula is C9H20N2. The van der Waals surface area contributed by atoms with Crippen LogP contribution in [0.15, 0.2) is 0 Å². The summed E-state index contributed by atoms with van der Waals surface area (Å²) in [6.07, 6.45) is 3.72. The fraction of sp³-hybridized carbons (Fsp3) is 1.00. The molecule has 2 nitrogen and oxygen atoms in total. The lowest BCUT2D eigenvalue weighted by Gasteiger charge is -2.24. The minimum atomic E-state index is 0.440. The molecule has 0 aromatic heterocycles. The third kappa shape index (κ3) is 1.94. The van der Waals surface area contributed by atoms with Gasteiger partial charge in [0.05, 0.1) is 0 Å². The average molecular weight is 156 g/mol. The fourth-order valence-electron chi connectivity index (χ4n) is 2.03. The Bertz CT molecular complexity index is 114. The highest BCUT2D eigenvalue weighted by Gasteiger charge is 2.28. The van der Waals surface area contributed by atoms with E-state index in [9.17, 15) is 0 Å². The molecule has 1 rings (SSSR count). The molecule has 66 valence electrons. The van der Waals surface area contributed by atoms with Crippen LogP contribution in [0.1, 0.15) is 33.1 Å². The van der Waals surface area contributed by atoms with E-state index in [1.807, 2.05) is 0 Å². The Kier molecular flexibility index (Phi) is 3.34. The molecule has 0 aromatic rings. The maximum absolute atomic E-state index is 5.99. The molecule has 11 heavy (non-hydrogen) atoms. The molecule has 0 bridgehead atoms. The van der Waals surface area contributed by atoms with Crippen molar-refractivity contribution >= 4 is 0 Å². The summed E-state index contributed by atoms with van der Waals surface area (Å²) in [5.74, 6) is 0. The molecule has 0 aromatic carbocycles. The Hall–Kier alpha value is -0.0800. The number of rotatable bonds is 3. The monoisotopic (exact) mass is 156 g/mol. The summed E-state index contributed by atoms with van der Waals surface area (Å²) in [5.41, 5.74) is 5.99. The Balaban J connectivity index is 2.42. The van der Waals surface area contributed by atoms with Crippen LogP contribution in [0, 0.1) is 0 Å². The van der Waals surface area contributed by atoms with Crippen molar-refractivity contribution in [1.29, 1.82) is 0 Å². The van der Waals surface area contributed by atoms with E-state index in [2.05, 4.69) is 18.7 Å². The van der Waals surface area contributed by atoms with Crippen LogP contribution in [-0.4, -0.2) is 30.1 Å². The average Bonchev–Trinajstić information content (AvgIpc) is 2.34. The second-order valence-corrected chi connectivity index (χ2v) is 3.44. The second kappa shape index (κ2) is 4.07. The molecule has 1 heterocycles.